The normalized spacial score (nSPS) is 18.5. The zero-order chi connectivity index (χ0) is 18.1. The summed E-state index contributed by atoms with van der Waals surface area (Å²) >= 11 is 3.56. The molecule has 1 aliphatic carbocycles. The molecule has 4 rings (SSSR count). The van der Waals surface area contributed by atoms with E-state index in [0.29, 0.717) is 6.54 Å². The van der Waals surface area contributed by atoms with Crippen LogP contribution in [0.3, 0.4) is 0 Å². The molecular weight excluding hydrogens is 362 g/mol. The maximum atomic E-state index is 12.6. The van der Waals surface area contributed by atoms with Crippen LogP contribution < -0.4 is 10.1 Å². The van der Waals surface area contributed by atoms with Crippen molar-refractivity contribution in [3.05, 3.63) is 55.6 Å². The van der Waals surface area contributed by atoms with Crippen molar-refractivity contribution in [3.8, 4) is 5.75 Å². The average Bonchev–Trinajstić information content (AvgIpc) is 3.02. The van der Waals surface area contributed by atoms with E-state index in [0.717, 1.165) is 27.9 Å². The van der Waals surface area contributed by atoms with Crippen molar-refractivity contribution in [1.29, 1.82) is 0 Å². The molecule has 1 atom stereocenters. The second-order valence-electron chi connectivity index (χ2n) is 7.03. The number of ether oxygens (including phenoxy) is 1. The summed E-state index contributed by atoms with van der Waals surface area (Å²) in [5.41, 5.74) is 4.09. The quantitative estimate of drug-likeness (QED) is 0.823. The topological polar surface area (TPSA) is 38.3 Å². The van der Waals surface area contributed by atoms with E-state index in [1.165, 1.54) is 29.7 Å². The lowest BCUT2D eigenvalue weighted by Gasteiger charge is -2.20. The Morgan fingerprint density at radius 2 is 2.23 bits per heavy atom. The Balaban J connectivity index is 1.46. The fraction of sp³-hybridized carbons (Fsp3) is 0.381. The minimum atomic E-state index is 0.0169. The summed E-state index contributed by atoms with van der Waals surface area (Å²) < 4.78 is 5.24. The van der Waals surface area contributed by atoms with Gasteiger partial charge in [0.05, 0.1) is 12.0 Å². The summed E-state index contributed by atoms with van der Waals surface area (Å²) in [5, 5.41) is 3.04. The standard InChI is InChI=1S/C21H23NO2S2/c1-13-6-7-16-17-12-25-20(10-19(17)26-18(16)8-13)21(23)22-11-14-4-3-5-15(9-14)24-2/h3-5,9-10,13H,6-8,11-12H2,1-2H3,(H,22,23)/t13-/m0/s1. The molecule has 5 heteroatoms. The monoisotopic (exact) mass is 385 g/mol. The smallest absolute Gasteiger partial charge is 0.258 e. The average molecular weight is 386 g/mol. The third-order valence-corrected chi connectivity index (χ3v) is 7.39. The van der Waals surface area contributed by atoms with Crippen LogP contribution >= 0.6 is 23.1 Å². The highest BCUT2D eigenvalue weighted by molar-refractivity contribution is 8.03. The van der Waals surface area contributed by atoms with Gasteiger partial charge in [-0.15, -0.1) is 23.1 Å². The molecule has 2 aromatic rings. The van der Waals surface area contributed by atoms with Crippen LogP contribution in [0.2, 0.25) is 0 Å². The lowest BCUT2D eigenvalue weighted by Crippen LogP contribution is -2.24. The molecule has 0 saturated heterocycles. The minimum Gasteiger partial charge on any atom is -0.497 e. The Kier molecular flexibility index (Phi) is 5.09. The van der Waals surface area contributed by atoms with Crippen molar-refractivity contribution in [1.82, 2.24) is 5.32 Å². The molecule has 1 aromatic carbocycles. The van der Waals surface area contributed by atoms with Gasteiger partial charge in [0.2, 0.25) is 0 Å². The molecule has 2 aliphatic rings. The number of fused-ring (bicyclic) bond motifs is 3. The van der Waals surface area contributed by atoms with Crippen LogP contribution in [0.5, 0.6) is 5.75 Å². The maximum absolute atomic E-state index is 12.6. The molecule has 3 nitrogen and oxygen atoms in total. The number of hydrogen-bond donors (Lipinski definition) is 1. The number of methoxy groups -OCH3 is 1. The first kappa shape index (κ1) is 17.7. The number of carbonyl (C=O) groups is 1. The van der Waals surface area contributed by atoms with Crippen LogP contribution in [0.15, 0.2) is 29.2 Å². The highest BCUT2D eigenvalue weighted by atomic mass is 32.2. The van der Waals surface area contributed by atoms with E-state index in [4.69, 9.17) is 4.74 Å². The number of amides is 1. The SMILES string of the molecule is COc1cccc(CNC(=O)C2=Cc3sc4c(c3CS2)CC[C@H](C)C4)c1. The Morgan fingerprint density at radius 1 is 1.35 bits per heavy atom. The molecule has 0 radical (unpaired) electrons. The van der Waals surface area contributed by atoms with E-state index < -0.39 is 0 Å². The molecule has 1 aliphatic heterocycles. The van der Waals surface area contributed by atoms with E-state index in [1.54, 1.807) is 29.3 Å². The highest BCUT2D eigenvalue weighted by Crippen LogP contribution is 2.43. The zero-order valence-electron chi connectivity index (χ0n) is 15.1. The van der Waals surface area contributed by atoms with Crippen molar-refractivity contribution in [2.24, 2.45) is 5.92 Å². The van der Waals surface area contributed by atoms with E-state index in [1.807, 2.05) is 35.6 Å². The molecule has 0 bridgehead atoms. The molecule has 0 fully saturated rings. The van der Waals surface area contributed by atoms with Crippen molar-refractivity contribution < 1.29 is 9.53 Å². The van der Waals surface area contributed by atoms with Crippen LogP contribution in [0, 0.1) is 5.92 Å². The first-order valence-corrected chi connectivity index (χ1v) is 10.8. The van der Waals surface area contributed by atoms with Gasteiger partial charge in [-0.1, -0.05) is 19.1 Å². The van der Waals surface area contributed by atoms with Gasteiger partial charge in [-0.3, -0.25) is 4.79 Å². The molecule has 1 aromatic heterocycles. The van der Waals surface area contributed by atoms with E-state index in [2.05, 4.69) is 18.3 Å². The molecule has 2 heterocycles. The third kappa shape index (κ3) is 3.55. The molecule has 136 valence electrons. The number of thioether (sulfide) groups is 1. The van der Waals surface area contributed by atoms with Gasteiger partial charge in [-0.05, 0) is 60.1 Å². The Hall–Kier alpha value is -1.72. The first-order valence-electron chi connectivity index (χ1n) is 9.03. The number of nitrogens with one attached hydrogen (secondary N) is 1. The molecule has 0 spiro atoms. The summed E-state index contributed by atoms with van der Waals surface area (Å²) in [6, 6.07) is 7.80. The van der Waals surface area contributed by atoms with Gasteiger partial charge in [0.1, 0.15) is 5.75 Å². The van der Waals surface area contributed by atoms with Gasteiger partial charge in [0, 0.05) is 22.1 Å². The Bertz CT molecular complexity index is 869. The second-order valence-corrected chi connectivity index (χ2v) is 9.18. The summed E-state index contributed by atoms with van der Waals surface area (Å²) in [4.78, 5) is 16.3. The number of thiophene rings is 1. The summed E-state index contributed by atoms with van der Waals surface area (Å²) in [6.07, 6.45) is 5.79. The predicted octanol–water partition coefficient (Wildman–Crippen LogP) is 4.79. The summed E-state index contributed by atoms with van der Waals surface area (Å²) in [7, 11) is 1.65. The Labute approximate surface area is 162 Å². The fourth-order valence-corrected chi connectivity index (χ4v) is 6.28. The van der Waals surface area contributed by atoms with E-state index in [9.17, 15) is 4.79 Å². The van der Waals surface area contributed by atoms with Crippen LogP contribution in [0.25, 0.3) is 6.08 Å². The summed E-state index contributed by atoms with van der Waals surface area (Å²) in [5.74, 6) is 2.53. The predicted molar refractivity (Wildman–Crippen MR) is 110 cm³/mol. The lowest BCUT2D eigenvalue weighted by molar-refractivity contribution is -0.116. The van der Waals surface area contributed by atoms with Crippen molar-refractivity contribution in [2.75, 3.05) is 7.11 Å². The Morgan fingerprint density at radius 3 is 3.08 bits per heavy atom. The fourth-order valence-electron chi connectivity index (χ4n) is 3.61. The molecule has 1 N–H and O–H groups in total. The molecule has 0 unspecified atom stereocenters. The van der Waals surface area contributed by atoms with E-state index in [-0.39, 0.29) is 5.91 Å². The highest BCUT2D eigenvalue weighted by Gasteiger charge is 2.26. The van der Waals surface area contributed by atoms with Crippen molar-refractivity contribution in [2.45, 2.75) is 38.5 Å². The van der Waals surface area contributed by atoms with Gasteiger partial charge in [0.15, 0.2) is 0 Å². The largest absolute Gasteiger partial charge is 0.497 e. The second kappa shape index (κ2) is 7.49. The minimum absolute atomic E-state index is 0.0169. The number of benzene rings is 1. The summed E-state index contributed by atoms with van der Waals surface area (Å²) in [6.45, 7) is 2.85. The molecule has 0 saturated carbocycles. The number of hydrogen-bond acceptors (Lipinski definition) is 4. The molecular formula is C21H23NO2S2. The van der Waals surface area contributed by atoms with Crippen LogP contribution in [-0.2, 0) is 29.9 Å². The molecule has 26 heavy (non-hydrogen) atoms. The van der Waals surface area contributed by atoms with Gasteiger partial charge in [0.25, 0.3) is 5.91 Å². The molecule has 1 amide bonds. The third-order valence-electron chi connectivity index (χ3n) is 5.10. The van der Waals surface area contributed by atoms with Gasteiger partial charge in [-0.25, -0.2) is 0 Å². The van der Waals surface area contributed by atoms with Gasteiger partial charge in [-0.2, -0.15) is 0 Å². The zero-order valence-corrected chi connectivity index (χ0v) is 16.8. The van der Waals surface area contributed by atoms with Crippen LogP contribution in [0.1, 0.15) is 39.8 Å². The van der Waals surface area contributed by atoms with Crippen LogP contribution in [-0.4, -0.2) is 13.0 Å². The van der Waals surface area contributed by atoms with E-state index >= 15 is 0 Å². The number of carbonyl (C=O) groups excluding carboxylic acids is 1. The lowest BCUT2D eigenvalue weighted by atomic mass is 9.88. The van der Waals surface area contributed by atoms with Crippen LogP contribution in [0.4, 0.5) is 0 Å². The maximum Gasteiger partial charge on any atom is 0.258 e. The number of rotatable bonds is 4. The van der Waals surface area contributed by atoms with Crippen molar-refractivity contribution in [3.63, 3.8) is 0 Å². The first-order chi connectivity index (χ1) is 12.6. The van der Waals surface area contributed by atoms with Gasteiger partial charge >= 0.3 is 0 Å². The van der Waals surface area contributed by atoms with Gasteiger partial charge < -0.3 is 10.1 Å². The van der Waals surface area contributed by atoms with Crippen molar-refractivity contribution >= 4 is 35.1 Å².